The lowest BCUT2D eigenvalue weighted by Gasteiger charge is -2.19. The van der Waals surface area contributed by atoms with Crippen LogP contribution in [0.4, 0.5) is 5.69 Å². The van der Waals surface area contributed by atoms with Gasteiger partial charge in [0.05, 0.1) is 12.6 Å². The van der Waals surface area contributed by atoms with E-state index in [-0.39, 0.29) is 5.91 Å². The molecule has 0 radical (unpaired) electrons. The van der Waals surface area contributed by atoms with Gasteiger partial charge < -0.3 is 15.8 Å². The zero-order valence-electron chi connectivity index (χ0n) is 11.6. The molecule has 0 unspecified atom stereocenters. The van der Waals surface area contributed by atoms with E-state index in [1.54, 1.807) is 0 Å². The highest BCUT2D eigenvalue weighted by atomic mass is 16.5. The molecule has 3 N–H and O–H groups in total. The second-order valence-corrected chi connectivity index (χ2v) is 5.50. The molecule has 4 heteroatoms. The number of aryl methyl sites for hydroxylation is 1. The number of fused-ring (bicyclic) bond motifs is 1. The Labute approximate surface area is 114 Å². The van der Waals surface area contributed by atoms with E-state index >= 15 is 0 Å². The molecule has 1 aliphatic heterocycles. The molecule has 2 rings (SSSR count). The minimum absolute atomic E-state index is 0.120. The number of anilines is 1. The molecule has 1 aromatic carbocycles. The fourth-order valence-corrected chi connectivity index (χ4v) is 2.29. The summed E-state index contributed by atoms with van der Waals surface area (Å²) < 4.78 is 5.55. The Bertz CT molecular complexity index is 457. The summed E-state index contributed by atoms with van der Waals surface area (Å²) in [6, 6.07) is 5.31. The van der Waals surface area contributed by atoms with Crippen molar-refractivity contribution in [1.29, 1.82) is 0 Å². The lowest BCUT2D eigenvalue weighted by atomic mass is 10.0. The van der Waals surface area contributed by atoms with E-state index in [0.717, 1.165) is 36.4 Å². The fourth-order valence-electron chi connectivity index (χ4n) is 2.29. The maximum atomic E-state index is 11.9. The van der Waals surface area contributed by atoms with Gasteiger partial charge in [0, 0.05) is 5.69 Å². The molecule has 0 saturated heterocycles. The molecule has 0 fully saturated rings. The van der Waals surface area contributed by atoms with Crippen molar-refractivity contribution in [2.75, 3.05) is 11.9 Å². The van der Waals surface area contributed by atoms with E-state index in [2.05, 4.69) is 19.2 Å². The molecule has 0 saturated carbocycles. The Hall–Kier alpha value is -1.55. The summed E-state index contributed by atoms with van der Waals surface area (Å²) >= 11 is 0. The van der Waals surface area contributed by atoms with Gasteiger partial charge in [0.25, 0.3) is 0 Å². The van der Waals surface area contributed by atoms with Gasteiger partial charge in [0.1, 0.15) is 5.75 Å². The summed E-state index contributed by atoms with van der Waals surface area (Å²) in [6.07, 6.45) is 2.72. The van der Waals surface area contributed by atoms with Crippen LogP contribution in [0.5, 0.6) is 5.75 Å². The van der Waals surface area contributed by atoms with Crippen molar-refractivity contribution in [1.82, 2.24) is 0 Å². The van der Waals surface area contributed by atoms with Gasteiger partial charge in [-0.1, -0.05) is 13.8 Å². The van der Waals surface area contributed by atoms with Crippen LogP contribution in [0.1, 0.15) is 32.3 Å². The highest BCUT2D eigenvalue weighted by Gasteiger charge is 2.16. The Balaban J connectivity index is 2.01. The quantitative estimate of drug-likeness (QED) is 0.875. The van der Waals surface area contributed by atoms with Crippen molar-refractivity contribution >= 4 is 11.6 Å². The SMILES string of the molecule is CC(C)C[C@H](N)C(=O)Nc1ccc2c(c1)CCCO2. The van der Waals surface area contributed by atoms with Crippen molar-refractivity contribution in [3.63, 3.8) is 0 Å². The molecule has 0 aromatic heterocycles. The van der Waals surface area contributed by atoms with Gasteiger partial charge in [-0.15, -0.1) is 0 Å². The number of ether oxygens (including phenoxy) is 1. The van der Waals surface area contributed by atoms with E-state index in [1.165, 1.54) is 0 Å². The third kappa shape index (κ3) is 3.70. The van der Waals surface area contributed by atoms with Crippen LogP contribution in [-0.4, -0.2) is 18.6 Å². The molecule has 19 heavy (non-hydrogen) atoms. The third-order valence-electron chi connectivity index (χ3n) is 3.24. The number of hydrogen-bond donors (Lipinski definition) is 2. The van der Waals surface area contributed by atoms with E-state index in [0.29, 0.717) is 12.3 Å². The summed E-state index contributed by atoms with van der Waals surface area (Å²) in [4.78, 5) is 11.9. The Morgan fingerprint density at radius 2 is 2.26 bits per heavy atom. The molecular weight excluding hydrogens is 240 g/mol. The minimum atomic E-state index is -0.452. The molecule has 1 heterocycles. The first kappa shape index (κ1) is 13.9. The van der Waals surface area contributed by atoms with E-state index in [1.807, 2.05) is 18.2 Å². The second-order valence-electron chi connectivity index (χ2n) is 5.50. The van der Waals surface area contributed by atoms with Crippen LogP contribution in [0.3, 0.4) is 0 Å². The number of carbonyl (C=O) groups is 1. The fraction of sp³-hybridized carbons (Fsp3) is 0.533. The van der Waals surface area contributed by atoms with Gasteiger partial charge in [-0.2, -0.15) is 0 Å². The minimum Gasteiger partial charge on any atom is -0.493 e. The smallest absolute Gasteiger partial charge is 0.241 e. The molecule has 104 valence electrons. The van der Waals surface area contributed by atoms with E-state index in [9.17, 15) is 4.79 Å². The highest BCUT2D eigenvalue weighted by molar-refractivity contribution is 5.94. The first-order valence-corrected chi connectivity index (χ1v) is 6.88. The lowest BCUT2D eigenvalue weighted by molar-refractivity contribution is -0.117. The Morgan fingerprint density at radius 1 is 1.47 bits per heavy atom. The Morgan fingerprint density at radius 3 is 3.00 bits per heavy atom. The second kappa shape index (κ2) is 6.06. The molecule has 0 spiro atoms. The maximum Gasteiger partial charge on any atom is 0.241 e. The molecule has 1 aromatic rings. The molecule has 1 amide bonds. The molecule has 0 aliphatic carbocycles. The van der Waals surface area contributed by atoms with Gasteiger partial charge in [0.2, 0.25) is 5.91 Å². The zero-order chi connectivity index (χ0) is 13.8. The van der Waals surface area contributed by atoms with Crippen molar-refractivity contribution in [3.05, 3.63) is 23.8 Å². The average molecular weight is 262 g/mol. The number of amides is 1. The predicted octanol–water partition coefficient (Wildman–Crippen LogP) is 2.32. The van der Waals surface area contributed by atoms with Crippen LogP contribution < -0.4 is 15.8 Å². The Kier molecular flexibility index (Phi) is 4.43. The van der Waals surface area contributed by atoms with E-state index < -0.39 is 6.04 Å². The predicted molar refractivity (Wildman–Crippen MR) is 76.3 cm³/mol. The first-order valence-electron chi connectivity index (χ1n) is 6.88. The van der Waals surface area contributed by atoms with Crippen molar-refractivity contribution in [2.24, 2.45) is 11.7 Å². The summed E-state index contributed by atoms with van der Waals surface area (Å²) in [5.41, 5.74) is 7.82. The molecule has 4 nitrogen and oxygen atoms in total. The topological polar surface area (TPSA) is 64.4 Å². The largest absolute Gasteiger partial charge is 0.493 e. The van der Waals surface area contributed by atoms with Gasteiger partial charge >= 0.3 is 0 Å². The van der Waals surface area contributed by atoms with Crippen LogP contribution in [0, 0.1) is 5.92 Å². The van der Waals surface area contributed by atoms with Crippen LogP contribution in [0.15, 0.2) is 18.2 Å². The number of carbonyl (C=O) groups excluding carboxylic acids is 1. The molecular formula is C15H22N2O2. The summed E-state index contributed by atoms with van der Waals surface area (Å²) in [5, 5.41) is 2.88. The van der Waals surface area contributed by atoms with Gasteiger partial charge in [0.15, 0.2) is 0 Å². The third-order valence-corrected chi connectivity index (χ3v) is 3.24. The summed E-state index contributed by atoms with van der Waals surface area (Å²) in [5.74, 6) is 1.22. The van der Waals surface area contributed by atoms with Crippen LogP contribution >= 0.6 is 0 Å². The molecule has 0 bridgehead atoms. The van der Waals surface area contributed by atoms with Gasteiger partial charge in [-0.25, -0.2) is 0 Å². The normalized spacial score (nSPS) is 15.6. The maximum absolute atomic E-state index is 11.9. The first-order chi connectivity index (χ1) is 9.06. The number of nitrogens with one attached hydrogen (secondary N) is 1. The zero-order valence-corrected chi connectivity index (χ0v) is 11.6. The van der Waals surface area contributed by atoms with Crippen LogP contribution in [0.2, 0.25) is 0 Å². The lowest BCUT2D eigenvalue weighted by Crippen LogP contribution is -2.36. The summed E-state index contributed by atoms with van der Waals surface area (Å²) in [7, 11) is 0. The van der Waals surface area contributed by atoms with Crippen molar-refractivity contribution in [2.45, 2.75) is 39.2 Å². The average Bonchev–Trinajstić information content (AvgIpc) is 2.37. The summed E-state index contributed by atoms with van der Waals surface area (Å²) in [6.45, 7) is 4.89. The standard InChI is InChI=1S/C15H22N2O2/c1-10(2)8-13(16)15(18)17-12-5-6-14-11(9-12)4-3-7-19-14/h5-6,9-10,13H,3-4,7-8,16H2,1-2H3,(H,17,18)/t13-/m0/s1. The van der Waals surface area contributed by atoms with Gasteiger partial charge in [-0.05, 0) is 48.9 Å². The highest BCUT2D eigenvalue weighted by Crippen LogP contribution is 2.27. The van der Waals surface area contributed by atoms with Crippen molar-refractivity contribution in [3.8, 4) is 5.75 Å². The monoisotopic (exact) mass is 262 g/mol. The molecule has 1 atom stereocenters. The van der Waals surface area contributed by atoms with Crippen LogP contribution in [0.25, 0.3) is 0 Å². The number of nitrogens with two attached hydrogens (primary N) is 1. The number of benzene rings is 1. The van der Waals surface area contributed by atoms with E-state index in [4.69, 9.17) is 10.5 Å². The number of rotatable bonds is 4. The van der Waals surface area contributed by atoms with Crippen LogP contribution in [-0.2, 0) is 11.2 Å². The van der Waals surface area contributed by atoms with Crippen molar-refractivity contribution < 1.29 is 9.53 Å². The number of hydrogen-bond acceptors (Lipinski definition) is 3. The molecule has 1 aliphatic rings. The van der Waals surface area contributed by atoms with Gasteiger partial charge in [-0.3, -0.25) is 4.79 Å².